The fourth-order valence-electron chi connectivity index (χ4n) is 1.21. The molecule has 2 amide bonds. The van der Waals surface area contributed by atoms with Gasteiger partial charge in [-0.05, 0) is 31.5 Å². The summed E-state index contributed by atoms with van der Waals surface area (Å²) in [6.45, 7) is 6.47. The molecule has 0 spiro atoms. The van der Waals surface area contributed by atoms with Crippen LogP contribution < -0.4 is 10.6 Å². The first kappa shape index (κ1) is 14.6. The number of ether oxygens (including phenoxy) is 1. The maximum Gasteiger partial charge on any atom is 0.334 e. The average molecular weight is 264 g/mol. The lowest BCUT2D eigenvalue weighted by Gasteiger charge is -2.10. The fourth-order valence-corrected chi connectivity index (χ4v) is 1.21. The van der Waals surface area contributed by atoms with Gasteiger partial charge < -0.3 is 20.5 Å². The van der Waals surface area contributed by atoms with E-state index in [2.05, 4.69) is 17.2 Å². The Morgan fingerprint density at radius 2 is 2.11 bits per heavy atom. The van der Waals surface area contributed by atoms with Crippen LogP contribution >= 0.6 is 0 Å². The number of nitrogens with one attached hydrogen (secondary N) is 2. The Morgan fingerprint density at radius 3 is 2.74 bits per heavy atom. The largest absolute Gasteiger partial charge is 0.506 e. The maximum absolute atomic E-state index is 11.5. The molecule has 0 fully saturated rings. The van der Waals surface area contributed by atoms with Crippen molar-refractivity contribution in [2.75, 3.05) is 12.0 Å². The summed E-state index contributed by atoms with van der Waals surface area (Å²) in [4.78, 5) is 22.5. The Bertz CT molecular complexity index is 511. The number of carbonyl (C=O) groups is 2. The van der Waals surface area contributed by atoms with Gasteiger partial charge in [0.15, 0.2) is 6.73 Å². The van der Waals surface area contributed by atoms with E-state index in [0.717, 1.165) is 5.56 Å². The number of amides is 2. The summed E-state index contributed by atoms with van der Waals surface area (Å²) in [7, 11) is 0. The van der Waals surface area contributed by atoms with Crippen LogP contribution in [0.15, 0.2) is 30.4 Å². The van der Waals surface area contributed by atoms with Crippen LogP contribution in [0.1, 0.15) is 12.5 Å². The highest BCUT2D eigenvalue weighted by Crippen LogP contribution is 2.23. The van der Waals surface area contributed by atoms with Gasteiger partial charge >= 0.3 is 12.0 Å². The van der Waals surface area contributed by atoms with E-state index in [9.17, 15) is 14.7 Å². The molecule has 1 aromatic rings. The van der Waals surface area contributed by atoms with Crippen molar-refractivity contribution in [3.05, 3.63) is 35.9 Å². The van der Waals surface area contributed by atoms with Gasteiger partial charge in [-0.25, -0.2) is 9.59 Å². The monoisotopic (exact) mass is 264 g/mol. The highest BCUT2D eigenvalue weighted by Gasteiger charge is 2.07. The number of phenols is 1. The van der Waals surface area contributed by atoms with Crippen molar-refractivity contribution in [3.8, 4) is 5.75 Å². The van der Waals surface area contributed by atoms with Crippen molar-refractivity contribution in [1.29, 1.82) is 0 Å². The van der Waals surface area contributed by atoms with E-state index in [-0.39, 0.29) is 23.7 Å². The lowest BCUT2D eigenvalue weighted by Crippen LogP contribution is -2.31. The van der Waals surface area contributed by atoms with E-state index in [1.807, 2.05) is 6.92 Å². The number of benzene rings is 1. The van der Waals surface area contributed by atoms with E-state index in [0.29, 0.717) is 0 Å². The van der Waals surface area contributed by atoms with Crippen molar-refractivity contribution in [1.82, 2.24) is 5.32 Å². The summed E-state index contributed by atoms with van der Waals surface area (Å²) >= 11 is 0. The van der Waals surface area contributed by atoms with Gasteiger partial charge in [-0.3, -0.25) is 0 Å². The number of anilines is 1. The molecule has 0 aliphatic carbocycles. The first-order valence-electron chi connectivity index (χ1n) is 5.57. The number of aryl methyl sites for hydroxylation is 1. The number of urea groups is 1. The van der Waals surface area contributed by atoms with Crippen molar-refractivity contribution >= 4 is 17.7 Å². The number of esters is 1. The lowest BCUT2D eigenvalue weighted by atomic mass is 10.2. The minimum Gasteiger partial charge on any atom is -0.506 e. The van der Waals surface area contributed by atoms with Crippen LogP contribution in [0, 0.1) is 6.92 Å². The number of phenolic OH excluding ortho intramolecular Hbond substituents is 1. The summed E-state index contributed by atoms with van der Waals surface area (Å²) in [5.74, 6) is -0.626. The second-order valence-electron chi connectivity index (χ2n) is 4.01. The molecule has 19 heavy (non-hydrogen) atoms. The molecule has 3 N–H and O–H groups in total. The molecule has 0 saturated heterocycles. The van der Waals surface area contributed by atoms with Crippen LogP contribution in [0.25, 0.3) is 0 Å². The fraction of sp³-hybridized carbons (Fsp3) is 0.231. The normalized spacial score (nSPS) is 9.58. The van der Waals surface area contributed by atoms with Crippen molar-refractivity contribution in [2.45, 2.75) is 13.8 Å². The minimum absolute atomic E-state index is 0.0420. The Morgan fingerprint density at radius 1 is 1.42 bits per heavy atom. The predicted molar refractivity (Wildman–Crippen MR) is 70.8 cm³/mol. The van der Waals surface area contributed by atoms with Gasteiger partial charge in [0.1, 0.15) is 5.75 Å². The number of hydrogen-bond donors (Lipinski definition) is 3. The molecule has 1 aromatic carbocycles. The minimum atomic E-state index is -0.588. The third-order valence-electron chi connectivity index (χ3n) is 2.18. The highest BCUT2D eigenvalue weighted by molar-refractivity contribution is 5.91. The van der Waals surface area contributed by atoms with Gasteiger partial charge in [0.05, 0.1) is 5.69 Å². The molecule has 0 unspecified atom stereocenters. The van der Waals surface area contributed by atoms with Crippen molar-refractivity contribution in [3.63, 3.8) is 0 Å². The molecular formula is C13H16N2O4. The van der Waals surface area contributed by atoms with E-state index < -0.39 is 12.0 Å². The second kappa shape index (κ2) is 6.44. The van der Waals surface area contributed by atoms with Crippen LogP contribution in [-0.2, 0) is 9.53 Å². The zero-order valence-corrected chi connectivity index (χ0v) is 10.8. The SMILES string of the molecule is C=C(C)C(=O)OCNC(=O)Nc1cc(C)ccc1O. The molecule has 0 saturated carbocycles. The van der Waals surface area contributed by atoms with Crippen LogP contribution in [0.4, 0.5) is 10.5 Å². The van der Waals surface area contributed by atoms with Crippen LogP contribution in [0.3, 0.4) is 0 Å². The zero-order valence-electron chi connectivity index (χ0n) is 10.8. The topological polar surface area (TPSA) is 87.7 Å². The third-order valence-corrected chi connectivity index (χ3v) is 2.18. The van der Waals surface area contributed by atoms with E-state index in [4.69, 9.17) is 4.74 Å². The first-order chi connectivity index (χ1) is 8.90. The summed E-state index contributed by atoms with van der Waals surface area (Å²) < 4.78 is 4.69. The van der Waals surface area contributed by atoms with Crippen LogP contribution in [0.5, 0.6) is 5.75 Å². The summed E-state index contributed by atoms with van der Waals surface area (Å²) in [6.07, 6.45) is 0. The second-order valence-corrected chi connectivity index (χ2v) is 4.01. The molecule has 0 aromatic heterocycles. The molecule has 0 heterocycles. The quantitative estimate of drug-likeness (QED) is 0.335. The van der Waals surface area contributed by atoms with Gasteiger partial charge in [-0.2, -0.15) is 0 Å². The van der Waals surface area contributed by atoms with Gasteiger partial charge in [0, 0.05) is 5.57 Å². The van der Waals surface area contributed by atoms with E-state index in [1.165, 1.54) is 13.0 Å². The molecule has 6 heteroatoms. The van der Waals surface area contributed by atoms with Crippen LogP contribution in [0.2, 0.25) is 0 Å². The number of hydrogen-bond acceptors (Lipinski definition) is 4. The van der Waals surface area contributed by atoms with Crippen molar-refractivity contribution < 1.29 is 19.4 Å². The number of carbonyl (C=O) groups excluding carboxylic acids is 2. The Hall–Kier alpha value is -2.50. The average Bonchev–Trinajstić information content (AvgIpc) is 2.33. The summed E-state index contributed by atoms with van der Waals surface area (Å²) in [6, 6.07) is 4.23. The Labute approximate surface area is 111 Å². The molecule has 0 radical (unpaired) electrons. The highest BCUT2D eigenvalue weighted by atomic mass is 16.5. The summed E-state index contributed by atoms with van der Waals surface area (Å²) in [5.41, 5.74) is 1.42. The summed E-state index contributed by atoms with van der Waals surface area (Å²) in [5, 5.41) is 14.3. The van der Waals surface area contributed by atoms with Gasteiger partial charge in [-0.15, -0.1) is 0 Å². The number of rotatable bonds is 4. The molecule has 0 atom stereocenters. The van der Waals surface area contributed by atoms with Gasteiger partial charge in [0.2, 0.25) is 0 Å². The Balaban J connectivity index is 2.45. The van der Waals surface area contributed by atoms with Gasteiger partial charge in [-0.1, -0.05) is 12.6 Å². The smallest absolute Gasteiger partial charge is 0.334 e. The van der Waals surface area contributed by atoms with E-state index >= 15 is 0 Å². The molecule has 1 rings (SSSR count). The molecule has 0 aliphatic heterocycles. The third kappa shape index (κ3) is 4.71. The number of aromatic hydroxyl groups is 1. The standard InChI is InChI=1S/C13H16N2O4/c1-8(2)12(17)19-7-14-13(18)15-10-6-9(3)4-5-11(10)16/h4-6,16H,1,7H2,2-3H3,(H2,14,15,18). The molecule has 0 bridgehead atoms. The molecule has 0 aliphatic rings. The Kier molecular flexibility index (Phi) is 4.93. The van der Waals surface area contributed by atoms with E-state index in [1.54, 1.807) is 12.1 Å². The predicted octanol–water partition coefficient (Wildman–Crippen LogP) is 1.90. The molecular weight excluding hydrogens is 248 g/mol. The zero-order chi connectivity index (χ0) is 14.4. The van der Waals surface area contributed by atoms with Gasteiger partial charge in [0.25, 0.3) is 0 Å². The molecule has 102 valence electrons. The van der Waals surface area contributed by atoms with Crippen LogP contribution in [-0.4, -0.2) is 23.8 Å². The maximum atomic E-state index is 11.5. The van der Waals surface area contributed by atoms with Crippen molar-refractivity contribution in [2.24, 2.45) is 0 Å². The first-order valence-corrected chi connectivity index (χ1v) is 5.57. The lowest BCUT2D eigenvalue weighted by molar-refractivity contribution is -0.139. The molecule has 6 nitrogen and oxygen atoms in total.